The van der Waals surface area contributed by atoms with Crippen molar-refractivity contribution in [2.45, 2.75) is 51.6 Å². The van der Waals surface area contributed by atoms with Crippen molar-refractivity contribution in [3.63, 3.8) is 0 Å². The van der Waals surface area contributed by atoms with Crippen molar-refractivity contribution in [3.05, 3.63) is 35.4 Å². The maximum absolute atomic E-state index is 10.7. The van der Waals surface area contributed by atoms with Crippen molar-refractivity contribution in [2.75, 3.05) is 0 Å². The van der Waals surface area contributed by atoms with E-state index in [2.05, 4.69) is 38.1 Å². The number of aryl methyl sites for hydroxylation is 1. The lowest BCUT2D eigenvalue weighted by molar-refractivity contribution is -0.0178. The minimum Gasteiger partial charge on any atom is -0.385 e. The maximum atomic E-state index is 10.7. The fourth-order valence-corrected chi connectivity index (χ4v) is 2.84. The van der Waals surface area contributed by atoms with Gasteiger partial charge in [-0.3, -0.25) is 0 Å². The molecule has 1 nitrogen and oxygen atoms in total. The van der Waals surface area contributed by atoms with E-state index in [-0.39, 0.29) is 0 Å². The normalized spacial score (nSPS) is 30.3. The maximum Gasteiger partial charge on any atom is 0.0899 e. The van der Waals surface area contributed by atoms with Crippen molar-refractivity contribution in [2.24, 2.45) is 5.92 Å². The number of rotatable bonds is 2. The van der Waals surface area contributed by atoms with Gasteiger partial charge in [0.25, 0.3) is 0 Å². The fraction of sp³-hybridized carbons (Fsp3) is 0.600. The first-order chi connectivity index (χ1) is 7.64. The Morgan fingerprint density at radius 1 is 1.31 bits per heavy atom. The van der Waals surface area contributed by atoms with Crippen LogP contribution in [0.2, 0.25) is 0 Å². The summed E-state index contributed by atoms with van der Waals surface area (Å²) in [7, 11) is 0. The summed E-state index contributed by atoms with van der Waals surface area (Å²) in [5, 5.41) is 10.7. The molecule has 0 heterocycles. The van der Waals surface area contributed by atoms with Gasteiger partial charge in [-0.25, -0.2) is 0 Å². The largest absolute Gasteiger partial charge is 0.385 e. The topological polar surface area (TPSA) is 20.2 Å². The Morgan fingerprint density at radius 2 is 2.00 bits per heavy atom. The predicted octanol–water partition coefficient (Wildman–Crippen LogP) is 3.65. The van der Waals surface area contributed by atoms with E-state index < -0.39 is 5.60 Å². The summed E-state index contributed by atoms with van der Waals surface area (Å²) in [4.78, 5) is 0. The zero-order valence-electron chi connectivity index (χ0n) is 10.4. The van der Waals surface area contributed by atoms with Gasteiger partial charge in [0.05, 0.1) is 5.60 Å². The molecule has 0 aromatic heterocycles. The molecule has 1 heteroatoms. The lowest BCUT2D eigenvalue weighted by atomic mass is 9.75. The second-order valence-corrected chi connectivity index (χ2v) is 5.28. The number of benzene rings is 1. The van der Waals surface area contributed by atoms with Gasteiger partial charge in [-0.05, 0) is 42.7 Å². The van der Waals surface area contributed by atoms with Gasteiger partial charge in [0.15, 0.2) is 0 Å². The SMILES string of the molecule is CCc1ccc([C@]2(O)CCC[C@H](C)C2)cc1. The third kappa shape index (κ3) is 2.30. The molecule has 0 amide bonds. The Bertz CT molecular complexity index is 341. The van der Waals surface area contributed by atoms with E-state index in [9.17, 15) is 5.11 Å². The van der Waals surface area contributed by atoms with E-state index in [0.717, 1.165) is 31.2 Å². The van der Waals surface area contributed by atoms with E-state index in [0.29, 0.717) is 5.92 Å². The van der Waals surface area contributed by atoms with Crippen LogP contribution < -0.4 is 0 Å². The average Bonchev–Trinajstić information content (AvgIpc) is 2.29. The van der Waals surface area contributed by atoms with Crippen LogP contribution in [0.3, 0.4) is 0 Å². The molecule has 1 aliphatic carbocycles. The van der Waals surface area contributed by atoms with Crippen LogP contribution in [0.5, 0.6) is 0 Å². The first-order valence-electron chi connectivity index (χ1n) is 6.46. The third-order valence-electron chi connectivity index (χ3n) is 3.87. The summed E-state index contributed by atoms with van der Waals surface area (Å²) < 4.78 is 0. The average molecular weight is 218 g/mol. The molecule has 16 heavy (non-hydrogen) atoms. The van der Waals surface area contributed by atoms with Crippen molar-refractivity contribution in [3.8, 4) is 0 Å². The molecule has 0 bridgehead atoms. The molecule has 1 aromatic carbocycles. The lowest BCUT2D eigenvalue weighted by Crippen LogP contribution is -2.31. The van der Waals surface area contributed by atoms with Crippen LogP contribution in [0.25, 0.3) is 0 Å². The van der Waals surface area contributed by atoms with E-state index in [1.807, 2.05) is 0 Å². The zero-order valence-corrected chi connectivity index (χ0v) is 10.4. The van der Waals surface area contributed by atoms with Crippen LogP contribution in [-0.4, -0.2) is 5.11 Å². The highest BCUT2D eigenvalue weighted by molar-refractivity contribution is 5.27. The summed E-state index contributed by atoms with van der Waals surface area (Å²) in [6.07, 6.45) is 5.30. The molecular formula is C15H22O. The standard InChI is InChI=1S/C15H22O/c1-3-13-6-8-14(9-7-13)15(16)10-4-5-12(2)11-15/h6-9,12,16H,3-5,10-11H2,1-2H3/t12-,15-/m0/s1. The Morgan fingerprint density at radius 3 is 2.56 bits per heavy atom. The first kappa shape index (κ1) is 11.7. The quantitative estimate of drug-likeness (QED) is 0.803. The molecule has 1 N–H and O–H groups in total. The van der Waals surface area contributed by atoms with E-state index >= 15 is 0 Å². The summed E-state index contributed by atoms with van der Waals surface area (Å²) in [6, 6.07) is 8.51. The molecule has 2 rings (SSSR count). The number of hydrogen-bond donors (Lipinski definition) is 1. The van der Waals surface area contributed by atoms with Crippen molar-refractivity contribution >= 4 is 0 Å². The van der Waals surface area contributed by atoms with E-state index in [1.165, 1.54) is 12.0 Å². The highest BCUT2D eigenvalue weighted by atomic mass is 16.3. The summed E-state index contributed by atoms with van der Waals surface area (Å²) in [5.41, 5.74) is 1.89. The summed E-state index contributed by atoms with van der Waals surface area (Å²) in [5.74, 6) is 0.643. The Balaban J connectivity index is 2.20. The molecule has 0 unspecified atom stereocenters. The molecule has 0 saturated heterocycles. The molecule has 2 atom stereocenters. The van der Waals surface area contributed by atoms with Crippen LogP contribution >= 0.6 is 0 Å². The third-order valence-corrected chi connectivity index (χ3v) is 3.87. The monoisotopic (exact) mass is 218 g/mol. The van der Waals surface area contributed by atoms with Crippen molar-refractivity contribution < 1.29 is 5.11 Å². The smallest absolute Gasteiger partial charge is 0.0899 e. The molecule has 88 valence electrons. The second kappa shape index (κ2) is 4.58. The number of aliphatic hydroxyl groups is 1. The molecular weight excluding hydrogens is 196 g/mol. The zero-order chi connectivity index (χ0) is 11.6. The molecule has 0 radical (unpaired) electrons. The van der Waals surface area contributed by atoms with Crippen LogP contribution in [-0.2, 0) is 12.0 Å². The van der Waals surface area contributed by atoms with Gasteiger partial charge in [-0.2, -0.15) is 0 Å². The van der Waals surface area contributed by atoms with Gasteiger partial charge in [0, 0.05) is 0 Å². The van der Waals surface area contributed by atoms with Gasteiger partial charge >= 0.3 is 0 Å². The molecule has 0 spiro atoms. The molecule has 1 saturated carbocycles. The van der Waals surface area contributed by atoms with Crippen molar-refractivity contribution in [1.82, 2.24) is 0 Å². The molecule has 1 fully saturated rings. The fourth-order valence-electron chi connectivity index (χ4n) is 2.84. The van der Waals surface area contributed by atoms with Crippen LogP contribution in [0, 0.1) is 5.92 Å². The minimum atomic E-state index is -0.566. The van der Waals surface area contributed by atoms with E-state index in [4.69, 9.17) is 0 Å². The van der Waals surface area contributed by atoms with E-state index in [1.54, 1.807) is 0 Å². The summed E-state index contributed by atoms with van der Waals surface area (Å²) >= 11 is 0. The summed E-state index contributed by atoms with van der Waals surface area (Å²) in [6.45, 7) is 4.40. The lowest BCUT2D eigenvalue weighted by Gasteiger charge is -2.36. The minimum absolute atomic E-state index is 0.566. The predicted molar refractivity (Wildman–Crippen MR) is 67.3 cm³/mol. The van der Waals surface area contributed by atoms with Gasteiger partial charge < -0.3 is 5.11 Å². The Hall–Kier alpha value is -0.820. The van der Waals surface area contributed by atoms with Crippen LogP contribution in [0.15, 0.2) is 24.3 Å². The van der Waals surface area contributed by atoms with Crippen LogP contribution in [0.1, 0.15) is 50.7 Å². The highest BCUT2D eigenvalue weighted by Gasteiger charge is 2.33. The second-order valence-electron chi connectivity index (χ2n) is 5.28. The van der Waals surface area contributed by atoms with Gasteiger partial charge in [-0.15, -0.1) is 0 Å². The molecule has 1 aromatic rings. The Kier molecular flexibility index (Phi) is 3.34. The molecule has 1 aliphatic rings. The number of hydrogen-bond acceptors (Lipinski definition) is 1. The highest BCUT2D eigenvalue weighted by Crippen LogP contribution is 2.39. The molecule has 0 aliphatic heterocycles. The van der Waals surface area contributed by atoms with Gasteiger partial charge in [0.1, 0.15) is 0 Å². The van der Waals surface area contributed by atoms with Gasteiger partial charge in [0.2, 0.25) is 0 Å². The van der Waals surface area contributed by atoms with Gasteiger partial charge in [-0.1, -0.05) is 44.5 Å². The Labute approximate surface area is 98.5 Å². The van der Waals surface area contributed by atoms with Crippen molar-refractivity contribution in [1.29, 1.82) is 0 Å². The van der Waals surface area contributed by atoms with Crippen LogP contribution in [0.4, 0.5) is 0 Å². The first-order valence-corrected chi connectivity index (χ1v) is 6.46.